The average Bonchev–Trinajstić information content (AvgIpc) is 2.60. The highest BCUT2D eigenvalue weighted by atomic mass is 16.5. The summed E-state index contributed by atoms with van der Waals surface area (Å²) in [6.45, 7) is 5.99. The Morgan fingerprint density at radius 2 is 2.21 bits per heavy atom. The third-order valence-electron chi connectivity index (χ3n) is 3.36. The normalized spacial score (nSPS) is 14.2. The van der Waals surface area contributed by atoms with Crippen molar-refractivity contribution in [1.82, 2.24) is 15.1 Å². The van der Waals surface area contributed by atoms with Crippen LogP contribution in [-0.2, 0) is 18.4 Å². The fourth-order valence-electron chi connectivity index (χ4n) is 2.19. The molecule has 1 heterocycles. The van der Waals surface area contributed by atoms with Gasteiger partial charge in [-0.3, -0.25) is 10.1 Å². The van der Waals surface area contributed by atoms with E-state index >= 15 is 0 Å². The van der Waals surface area contributed by atoms with Crippen molar-refractivity contribution in [3.05, 3.63) is 11.3 Å². The van der Waals surface area contributed by atoms with E-state index in [4.69, 9.17) is 4.74 Å². The Balaban J connectivity index is 2.89. The van der Waals surface area contributed by atoms with Gasteiger partial charge in [0.15, 0.2) is 0 Å². The molecule has 1 atom stereocenters. The first-order chi connectivity index (χ1) is 8.85. The van der Waals surface area contributed by atoms with E-state index in [0.717, 1.165) is 17.7 Å². The Kier molecular flexibility index (Phi) is 4.94. The van der Waals surface area contributed by atoms with E-state index in [1.165, 1.54) is 0 Å². The number of hydrogen-bond donors (Lipinski definition) is 2. The molecule has 19 heavy (non-hydrogen) atoms. The van der Waals surface area contributed by atoms with Crippen LogP contribution in [0.25, 0.3) is 0 Å². The molecular weight excluding hydrogens is 246 g/mol. The lowest BCUT2D eigenvalue weighted by molar-refractivity contribution is -0.144. The molecular formula is C13H23N3O3. The molecule has 0 aromatic carbocycles. The number of methoxy groups -OCH3 is 1. The molecule has 0 aliphatic heterocycles. The molecule has 0 saturated carbocycles. The van der Waals surface area contributed by atoms with Crippen molar-refractivity contribution in [1.29, 1.82) is 0 Å². The van der Waals surface area contributed by atoms with Crippen LogP contribution in [0.1, 0.15) is 37.9 Å². The van der Waals surface area contributed by atoms with Gasteiger partial charge in [-0.15, -0.1) is 0 Å². The van der Waals surface area contributed by atoms with Crippen LogP contribution in [0.4, 0.5) is 0 Å². The summed E-state index contributed by atoms with van der Waals surface area (Å²) >= 11 is 0. The van der Waals surface area contributed by atoms with Crippen molar-refractivity contribution < 1.29 is 14.6 Å². The zero-order chi connectivity index (χ0) is 14.6. The molecule has 108 valence electrons. The molecule has 1 aromatic heterocycles. The summed E-state index contributed by atoms with van der Waals surface area (Å²) in [6, 6.07) is 0. The van der Waals surface area contributed by atoms with Crippen molar-refractivity contribution in [2.24, 2.45) is 7.05 Å². The minimum atomic E-state index is -0.929. The van der Waals surface area contributed by atoms with Crippen LogP contribution in [0.3, 0.4) is 0 Å². The van der Waals surface area contributed by atoms with E-state index in [0.29, 0.717) is 18.8 Å². The third-order valence-corrected chi connectivity index (χ3v) is 3.36. The second kappa shape index (κ2) is 6.06. The molecule has 6 heteroatoms. The summed E-state index contributed by atoms with van der Waals surface area (Å²) in [4.78, 5) is 11.4. The molecule has 1 rings (SSSR count). The maximum Gasteiger partial charge on any atom is 0.323 e. The number of nitrogens with one attached hydrogen (secondary N) is 1. The summed E-state index contributed by atoms with van der Waals surface area (Å²) in [5, 5.41) is 16.7. The first kappa shape index (κ1) is 15.5. The zero-order valence-corrected chi connectivity index (χ0v) is 12.3. The lowest BCUT2D eigenvalue weighted by atomic mass is 9.96. The molecule has 0 fully saturated rings. The smallest absolute Gasteiger partial charge is 0.323 e. The van der Waals surface area contributed by atoms with Crippen LogP contribution in [0, 0.1) is 6.92 Å². The van der Waals surface area contributed by atoms with Crippen molar-refractivity contribution in [2.45, 2.75) is 45.7 Å². The Morgan fingerprint density at radius 3 is 2.68 bits per heavy atom. The number of rotatable bonds is 7. The van der Waals surface area contributed by atoms with Gasteiger partial charge in [0.05, 0.1) is 18.4 Å². The number of carboxylic acids is 1. The van der Waals surface area contributed by atoms with Crippen LogP contribution in [0.15, 0.2) is 0 Å². The Bertz CT molecular complexity index is 456. The quantitative estimate of drug-likeness (QED) is 0.784. The number of ether oxygens (including phenoxy) is 1. The lowest BCUT2D eigenvalue weighted by Crippen LogP contribution is -2.49. The first-order valence-corrected chi connectivity index (χ1v) is 6.40. The van der Waals surface area contributed by atoms with E-state index in [-0.39, 0.29) is 0 Å². The largest absolute Gasteiger partial charge is 0.481 e. The number of hydrogen-bond acceptors (Lipinski definition) is 4. The van der Waals surface area contributed by atoms with Crippen LogP contribution < -0.4 is 10.1 Å². The van der Waals surface area contributed by atoms with Gasteiger partial charge in [0.2, 0.25) is 5.88 Å². The highest BCUT2D eigenvalue weighted by Crippen LogP contribution is 2.22. The molecule has 0 aliphatic carbocycles. The molecule has 1 unspecified atom stereocenters. The molecule has 0 amide bonds. The predicted octanol–water partition coefficient (Wildman–Crippen LogP) is 1.47. The molecule has 0 spiro atoms. The number of aliphatic carboxylic acids is 1. The highest BCUT2D eigenvalue weighted by Gasteiger charge is 2.32. The summed E-state index contributed by atoms with van der Waals surface area (Å²) in [5.41, 5.74) is 0.812. The van der Waals surface area contributed by atoms with Gasteiger partial charge in [-0.1, -0.05) is 13.3 Å². The molecule has 2 N–H and O–H groups in total. The van der Waals surface area contributed by atoms with Gasteiger partial charge in [0.1, 0.15) is 5.54 Å². The Morgan fingerprint density at radius 1 is 1.58 bits per heavy atom. The van der Waals surface area contributed by atoms with Crippen molar-refractivity contribution in [3.63, 3.8) is 0 Å². The van der Waals surface area contributed by atoms with Gasteiger partial charge >= 0.3 is 5.97 Å². The van der Waals surface area contributed by atoms with Gasteiger partial charge < -0.3 is 9.84 Å². The molecule has 1 aromatic rings. The number of aromatic nitrogens is 2. The summed E-state index contributed by atoms with van der Waals surface area (Å²) < 4.78 is 6.95. The SMILES string of the molecule is CCCC(C)(NCc1c(C)nn(C)c1OC)C(=O)O. The number of carboxylic acid groups (broad SMARTS) is 1. The second-order valence-electron chi connectivity index (χ2n) is 4.94. The van der Waals surface area contributed by atoms with E-state index in [1.54, 1.807) is 25.8 Å². The van der Waals surface area contributed by atoms with Crippen LogP contribution >= 0.6 is 0 Å². The van der Waals surface area contributed by atoms with Crippen molar-refractivity contribution in [2.75, 3.05) is 7.11 Å². The van der Waals surface area contributed by atoms with Crippen LogP contribution in [0.5, 0.6) is 5.88 Å². The number of aryl methyl sites for hydroxylation is 2. The fourth-order valence-corrected chi connectivity index (χ4v) is 2.19. The van der Waals surface area contributed by atoms with E-state index in [2.05, 4.69) is 10.4 Å². The predicted molar refractivity (Wildman–Crippen MR) is 72.3 cm³/mol. The summed E-state index contributed by atoms with van der Waals surface area (Å²) in [6.07, 6.45) is 1.38. The van der Waals surface area contributed by atoms with Crippen LogP contribution in [-0.4, -0.2) is 33.5 Å². The summed E-state index contributed by atoms with van der Waals surface area (Å²) in [5.74, 6) is -0.177. The third kappa shape index (κ3) is 3.26. The van der Waals surface area contributed by atoms with E-state index < -0.39 is 11.5 Å². The van der Waals surface area contributed by atoms with Gasteiger partial charge in [-0.25, -0.2) is 4.68 Å². The molecule has 0 saturated heterocycles. The maximum absolute atomic E-state index is 11.4. The topological polar surface area (TPSA) is 76.4 Å². The monoisotopic (exact) mass is 269 g/mol. The Labute approximate surface area is 113 Å². The minimum Gasteiger partial charge on any atom is -0.481 e. The maximum atomic E-state index is 11.4. The zero-order valence-electron chi connectivity index (χ0n) is 12.3. The fraction of sp³-hybridized carbons (Fsp3) is 0.692. The highest BCUT2D eigenvalue weighted by molar-refractivity contribution is 5.78. The van der Waals surface area contributed by atoms with Gasteiger partial charge in [-0.2, -0.15) is 5.10 Å². The van der Waals surface area contributed by atoms with E-state index in [1.807, 2.05) is 13.8 Å². The van der Waals surface area contributed by atoms with Gasteiger partial charge in [0.25, 0.3) is 0 Å². The molecule has 0 aliphatic rings. The standard InChI is InChI=1S/C13H23N3O3/c1-6-7-13(3,12(17)18)14-8-10-9(2)15-16(4)11(10)19-5/h14H,6-8H2,1-5H3,(H,17,18). The molecule has 0 radical (unpaired) electrons. The van der Waals surface area contributed by atoms with Crippen molar-refractivity contribution >= 4 is 5.97 Å². The van der Waals surface area contributed by atoms with E-state index in [9.17, 15) is 9.90 Å². The number of carbonyl (C=O) groups is 1. The first-order valence-electron chi connectivity index (χ1n) is 6.40. The molecule has 6 nitrogen and oxygen atoms in total. The molecule has 0 bridgehead atoms. The van der Waals surface area contributed by atoms with Crippen LogP contribution in [0.2, 0.25) is 0 Å². The lowest BCUT2D eigenvalue weighted by Gasteiger charge is -2.26. The van der Waals surface area contributed by atoms with Gasteiger partial charge in [-0.05, 0) is 20.3 Å². The number of nitrogens with zero attached hydrogens (tertiary/aromatic N) is 2. The summed E-state index contributed by atoms with van der Waals surface area (Å²) in [7, 11) is 3.39. The Hall–Kier alpha value is -1.56. The minimum absolute atomic E-state index is 0.422. The average molecular weight is 269 g/mol. The second-order valence-corrected chi connectivity index (χ2v) is 4.94. The van der Waals surface area contributed by atoms with Crippen molar-refractivity contribution in [3.8, 4) is 5.88 Å². The van der Waals surface area contributed by atoms with Gasteiger partial charge in [0, 0.05) is 13.6 Å².